The summed E-state index contributed by atoms with van der Waals surface area (Å²) < 4.78 is 34.9. The number of fused-ring (bicyclic) bond motifs is 1. The van der Waals surface area contributed by atoms with Gasteiger partial charge in [-0.2, -0.15) is 0 Å². The summed E-state index contributed by atoms with van der Waals surface area (Å²) in [5.41, 5.74) is 0.132. The van der Waals surface area contributed by atoms with E-state index in [9.17, 15) is 13.2 Å². The SMILES string of the molecule is CC(C)Oc1ncc(Br)cc1C1(C(=O)NS(=O)(=O)c2cccc3ncccc23)CC1. The summed E-state index contributed by atoms with van der Waals surface area (Å²) >= 11 is 3.38. The molecule has 1 fully saturated rings. The van der Waals surface area contributed by atoms with E-state index in [4.69, 9.17) is 4.74 Å². The number of ether oxygens (including phenoxy) is 1. The van der Waals surface area contributed by atoms with Crippen LogP contribution < -0.4 is 9.46 Å². The molecular weight excluding hydrogens is 470 g/mol. The molecule has 0 unspecified atom stereocenters. The molecule has 9 heteroatoms. The molecule has 2 aromatic heterocycles. The number of halogens is 1. The second kappa shape index (κ2) is 7.63. The van der Waals surface area contributed by atoms with Crippen molar-refractivity contribution in [2.45, 2.75) is 43.1 Å². The van der Waals surface area contributed by atoms with E-state index in [2.05, 4.69) is 30.6 Å². The molecule has 0 radical (unpaired) electrons. The van der Waals surface area contributed by atoms with Crippen LogP contribution in [0.5, 0.6) is 5.88 Å². The molecule has 0 saturated heterocycles. The first-order valence-corrected chi connectivity index (χ1v) is 11.7. The number of benzene rings is 1. The van der Waals surface area contributed by atoms with Gasteiger partial charge in [0.15, 0.2) is 0 Å². The van der Waals surface area contributed by atoms with Crippen LogP contribution in [0, 0.1) is 0 Å². The van der Waals surface area contributed by atoms with Crippen molar-refractivity contribution >= 4 is 42.8 Å². The van der Waals surface area contributed by atoms with E-state index in [1.807, 2.05) is 13.8 Å². The van der Waals surface area contributed by atoms with E-state index in [0.717, 1.165) is 0 Å². The molecule has 1 N–H and O–H groups in total. The minimum atomic E-state index is -4.10. The van der Waals surface area contributed by atoms with Crippen molar-refractivity contribution in [3.63, 3.8) is 0 Å². The van der Waals surface area contributed by atoms with Crippen molar-refractivity contribution in [3.05, 3.63) is 58.8 Å². The first-order valence-electron chi connectivity index (χ1n) is 9.47. The first-order chi connectivity index (χ1) is 14.2. The molecule has 2 heterocycles. The Kier molecular flexibility index (Phi) is 5.27. The summed E-state index contributed by atoms with van der Waals surface area (Å²) in [7, 11) is -4.10. The summed E-state index contributed by atoms with van der Waals surface area (Å²) in [6.45, 7) is 3.73. The standard InChI is InChI=1S/C21H20BrN3O4S/c1-13(2)29-19-16(11-14(22)12-24-19)21(8-9-21)20(26)25-30(27,28)18-7-3-6-17-15(18)5-4-10-23-17/h3-7,10-13H,8-9H2,1-2H3,(H,25,26). The monoisotopic (exact) mass is 489 g/mol. The molecule has 30 heavy (non-hydrogen) atoms. The molecule has 0 atom stereocenters. The van der Waals surface area contributed by atoms with Crippen LogP contribution in [0.4, 0.5) is 0 Å². The highest BCUT2D eigenvalue weighted by Crippen LogP contribution is 2.52. The second-order valence-electron chi connectivity index (χ2n) is 7.52. The lowest BCUT2D eigenvalue weighted by Gasteiger charge is -2.20. The molecule has 1 aromatic carbocycles. The molecule has 1 aliphatic rings. The molecule has 3 aromatic rings. The Hall–Kier alpha value is -2.52. The van der Waals surface area contributed by atoms with Crippen molar-refractivity contribution < 1.29 is 17.9 Å². The number of carbonyl (C=O) groups excluding carboxylic acids is 1. The number of nitrogens with one attached hydrogen (secondary N) is 1. The van der Waals surface area contributed by atoms with Gasteiger partial charge in [-0.25, -0.2) is 18.1 Å². The fraction of sp³-hybridized carbons (Fsp3) is 0.286. The predicted octanol–water partition coefficient (Wildman–Crippen LogP) is 3.72. The molecular formula is C21H20BrN3O4S. The Morgan fingerprint density at radius 2 is 1.97 bits per heavy atom. The minimum absolute atomic E-state index is 0.0169. The van der Waals surface area contributed by atoms with E-state index >= 15 is 0 Å². The number of aromatic nitrogens is 2. The summed E-state index contributed by atoms with van der Waals surface area (Å²) in [6.07, 6.45) is 4.07. The number of carbonyl (C=O) groups is 1. The molecule has 1 amide bonds. The maximum atomic E-state index is 13.2. The van der Waals surface area contributed by atoms with Crippen LogP contribution in [0.25, 0.3) is 10.9 Å². The van der Waals surface area contributed by atoms with Crippen LogP contribution in [0.15, 0.2) is 58.2 Å². The normalized spacial score (nSPS) is 15.2. The third kappa shape index (κ3) is 3.79. The van der Waals surface area contributed by atoms with Gasteiger partial charge in [-0.1, -0.05) is 6.07 Å². The fourth-order valence-corrected chi connectivity index (χ4v) is 5.02. The van der Waals surface area contributed by atoms with Crippen molar-refractivity contribution in [2.24, 2.45) is 0 Å². The van der Waals surface area contributed by atoms with Gasteiger partial charge in [-0.15, -0.1) is 0 Å². The molecule has 1 saturated carbocycles. The van der Waals surface area contributed by atoms with Crippen molar-refractivity contribution in [2.75, 3.05) is 0 Å². The zero-order chi connectivity index (χ0) is 21.5. The number of rotatable bonds is 6. The van der Waals surface area contributed by atoms with E-state index in [1.165, 1.54) is 6.07 Å². The Morgan fingerprint density at radius 1 is 1.20 bits per heavy atom. The summed E-state index contributed by atoms with van der Waals surface area (Å²) in [5, 5.41) is 0.457. The second-order valence-corrected chi connectivity index (χ2v) is 10.1. The Labute approximate surface area is 183 Å². The van der Waals surface area contributed by atoms with Gasteiger partial charge in [-0.3, -0.25) is 9.78 Å². The van der Waals surface area contributed by atoms with Crippen LogP contribution in [-0.2, 0) is 20.2 Å². The largest absolute Gasteiger partial charge is 0.475 e. The number of hydrogen-bond donors (Lipinski definition) is 1. The van der Waals surface area contributed by atoms with Gasteiger partial charge in [0.2, 0.25) is 11.8 Å². The smallest absolute Gasteiger partial charge is 0.264 e. The van der Waals surface area contributed by atoms with Gasteiger partial charge in [0.25, 0.3) is 10.0 Å². The van der Waals surface area contributed by atoms with Crippen molar-refractivity contribution in [1.82, 2.24) is 14.7 Å². The Balaban J connectivity index is 1.70. The van der Waals surface area contributed by atoms with Crippen molar-refractivity contribution in [1.29, 1.82) is 0 Å². The fourth-order valence-electron chi connectivity index (χ4n) is 3.41. The lowest BCUT2D eigenvalue weighted by atomic mass is 9.96. The first kappa shape index (κ1) is 20.7. The number of pyridine rings is 2. The van der Waals surface area contributed by atoms with Gasteiger partial charge in [0, 0.05) is 27.8 Å². The van der Waals surface area contributed by atoms with Crippen LogP contribution >= 0.6 is 15.9 Å². The zero-order valence-electron chi connectivity index (χ0n) is 16.4. The highest BCUT2D eigenvalue weighted by molar-refractivity contribution is 9.10. The lowest BCUT2D eigenvalue weighted by Crippen LogP contribution is -2.39. The minimum Gasteiger partial charge on any atom is -0.475 e. The average molecular weight is 490 g/mol. The molecule has 7 nitrogen and oxygen atoms in total. The maximum Gasteiger partial charge on any atom is 0.264 e. The Morgan fingerprint density at radius 3 is 2.67 bits per heavy atom. The number of sulfonamides is 1. The predicted molar refractivity (Wildman–Crippen MR) is 116 cm³/mol. The van der Waals surface area contributed by atoms with Gasteiger partial charge in [0.05, 0.1) is 21.9 Å². The third-order valence-electron chi connectivity index (χ3n) is 4.99. The number of nitrogens with zero attached hydrogens (tertiary/aromatic N) is 2. The molecule has 1 aliphatic carbocycles. The third-order valence-corrected chi connectivity index (χ3v) is 6.81. The quantitative estimate of drug-likeness (QED) is 0.566. The molecule has 0 bridgehead atoms. The summed E-state index contributed by atoms with van der Waals surface area (Å²) in [5.74, 6) is -0.246. The molecule has 0 aliphatic heterocycles. The van der Waals surface area contributed by atoms with Crippen LogP contribution in [0.3, 0.4) is 0 Å². The van der Waals surface area contributed by atoms with Gasteiger partial charge < -0.3 is 4.74 Å². The lowest BCUT2D eigenvalue weighted by molar-refractivity contribution is -0.121. The number of amides is 1. The molecule has 156 valence electrons. The van der Waals surface area contributed by atoms with E-state index in [0.29, 0.717) is 39.7 Å². The van der Waals surface area contributed by atoms with Crippen LogP contribution in [-0.4, -0.2) is 30.4 Å². The summed E-state index contributed by atoms with van der Waals surface area (Å²) in [6, 6.07) is 9.89. The number of hydrogen-bond acceptors (Lipinski definition) is 6. The van der Waals surface area contributed by atoms with Crippen LogP contribution in [0.1, 0.15) is 32.3 Å². The van der Waals surface area contributed by atoms with Gasteiger partial charge in [0.1, 0.15) is 0 Å². The van der Waals surface area contributed by atoms with E-state index in [1.54, 1.807) is 42.7 Å². The zero-order valence-corrected chi connectivity index (χ0v) is 18.8. The van der Waals surface area contributed by atoms with Gasteiger partial charge >= 0.3 is 0 Å². The highest BCUT2D eigenvalue weighted by Gasteiger charge is 2.54. The topological polar surface area (TPSA) is 98.2 Å². The summed E-state index contributed by atoms with van der Waals surface area (Å²) in [4.78, 5) is 21.7. The molecule has 0 spiro atoms. The van der Waals surface area contributed by atoms with Gasteiger partial charge in [-0.05, 0) is 73.0 Å². The maximum absolute atomic E-state index is 13.2. The Bertz CT molecular complexity index is 1230. The van der Waals surface area contributed by atoms with E-state index < -0.39 is 21.3 Å². The van der Waals surface area contributed by atoms with E-state index in [-0.39, 0.29) is 11.0 Å². The van der Waals surface area contributed by atoms with Crippen LogP contribution in [0.2, 0.25) is 0 Å². The average Bonchev–Trinajstić information content (AvgIpc) is 3.50. The molecule has 4 rings (SSSR count). The van der Waals surface area contributed by atoms with Crippen molar-refractivity contribution in [3.8, 4) is 5.88 Å². The highest BCUT2D eigenvalue weighted by atomic mass is 79.9.